The van der Waals surface area contributed by atoms with E-state index in [1.165, 1.54) is 7.11 Å². The summed E-state index contributed by atoms with van der Waals surface area (Å²) < 4.78 is 33.6. The number of hydrogen-bond acceptors (Lipinski definition) is 5. The standard InChI is InChI=1S/C22H25N5O3S2/c1-4-26-13-7-9-18(26)21-20(17-8-5-6-12-23-17)24-22(31)27(21)15-10-11-16(19(14-15)30-2)25-32(3,28)29/h5-14,20-21,25H,4H2,1-3H3,(H,24,31)/t20-,21+/m1/s1. The first kappa shape index (κ1) is 22.1. The topological polar surface area (TPSA) is 88.5 Å². The van der Waals surface area contributed by atoms with E-state index in [2.05, 4.69) is 32.6 Å². The molecule has 1 saturated heterocycles. The Morgan fingerprint density at radius 3 is 2.69 bits per heavy atom. The van der Waals surface area contributed by atoms with Crippen molar-refractivity contribution >= 4 is 38.7 Å². The molecular weight excluding hydrogens is 446 g/mol. The first-order valence-corrected chi connectivity index (χ1v) is 12.4. The number of rotatable bonds is 7. The largest absolute Gasteiger partial charge is 0.494 e. The maximum absolute atomic E-state index is 11.7. The number of ether oxygens (including phenoxy) is 1. The summed E-state index contributed by atoms with van der Waals surface area (Å²) in [7, 11) is -1.94. The van der Waals surface area contributed by atoms with E-state index in [0.29, 0.717) is 16.5 Å². The highest BCUT2D eigenvalue weighted by atomic mass is 32.2. The molecular formula is C22H25N5O3S2. The number of methoxy groups -OCH3 is 1. The van der Waals surface area contributed by atoms with E-state index >= 15 is 0 Å². The molecule has 1 aliphatic rings. The summed E-state index contributed by atoms with van der Waals surface area (Å²) in [5.74, 6) is 0.404. The zero-order valence-electron chi connectivity index (χ0n) is 18.0. The lowest BCUT2D eigenvalue weighted by Crippen LogP contribution is -2.30. The quantitative estimate of drug-likeness (QED) is 0.510. The summed E-state index contributed by atoms with van der Waals surface area (Å²) in [6, 6.07) is 14.9. The van der Waals surface area contributed by atoms with Crippen molar-refractivity contribution in [1.29, 1.82) is 0 Å². The number of aromatic nitrogens is 2. The molecule has 2 atom stereocenters. The second-order valence-corrected chi connectivity index (χ2v) is 9.61. The van der Waals surface area contributed by atoms with E-state index in [0.717, 1.165) is 29.9 Å². The summed E-state index contributed by atoms with van der Waals surface area (Å²) in [6.45, 7) is 2.91. The number of nitrogens with one attached hydrogen (secondary N) is 2. The fourth-order valence-corrected chi connectivity index (χ4v) is 4.95. The molecule has 0 bridgehead atoms. The molecule has 2 aromatic heterocycles. The minimum atomic E-state index is -3.45. The molecule has 0 saturated carbocycles. The molecule has 32 heavy (non-hydrogen) atoms. The highest BCUT2D eigenvalue weighted by molar-refractivity contribution is 7.92. The number of hydrogen-bond donors (Lipinski definition) is 2. The van der Waals surface area contributed by atoms with Crippen molar-refractivity contribution < 1.29 is 13.2 Å². The minimum Gasteiger partial charge on any atom is -0.494 e. The van der Waals surface area contributed by atoms with Crippen LogP contribution in [0.3, 0.4) is 0 Å². The molecule has 0 unspecified atom stereocenters. The number of sulfonamides is 1. The Bertz CT molecular complexity index is 1230. The molecule has 8 nitrogen and oxygen atoms in total. The average Bonchev–Trinajstić information content (AvgIpc) is 3.37. The Morgan fingerprint density at radius 1 is 1.22 bits per heavy atom. The Labute approximate surface area is 193 Å². The van der Waals surface area contributed by atoms with Crippen LogP contribution in [0.2, 0.25) is 0 Å². The van der Waals surface area contributed by atoms with E-state index in [4.69, 9.17) is 17.0 Å². The van der Waals surface area contributed by atoms with E-state index < -0.39 is 10.0 Å². The lowest BCUT2D eigenvalue weighted by molar-refractivity contribution is 0.417. The third kappa shape index (κ3) is 4.28. The summed E-state index contributed by atoms with van der Waals surface area (Å²) in [5, 5.41) is 3.98. The maximum atomic E-state index is 11.7. The molecule has 3 aromatic rings. The molecule has 168 valence electrons. The van der Waals surface area contributed by atoms with E-state index in [-0.39, 0.29) is 12.1 Å². The Morgan fingerprint density at radius 2 is 2.03 bits per heavy atom. The van der Waals surface area contributed by atoms with Crippen molar-refractivity contribution in [3.8, 4) is 5.75 Å². The van der Waals surface area contributed by atoms with Crippen molar-refractivity contribution in [3.63, 3.8) is 0 Å². The molecule has 0 amide bonds. The molecule has 2 N–H and O–H groups in total. The Kier molecular flexibility index (Phi) is 6.07. The number of anilines is 2. The zero-order chi connectivity index (χ0) is 22.9. The molecule has 1 fully saturated rings. The summed E-state index contributed by atoms with van der Waals surface area (Å²) >= 11 is 5.76. The SMILES string of the molecule is CCn1cccc1[C@H]1[C@@H](c2ccccn2)NC(=S)N1c1ccc(NS(C)(=O)=O)c(OC)c1. The molecule has 0 radical (unpaired) electrons. The van der Waals surface area contributed by atoms with Gasteiger partial charge in [-0.1, -0.05) is 6.07 Å². The van der Waals surface area contributed by atoms with Gasteiger partial charge in [-0.25, -0.2) is 8.42 Å². The maximum Gasteiger partial charge on any atom is 0.229 e. The molecule has 10 heteroatoms. The zero-order valence-corrected chi connectivity index (χ0v) is 19.7. The predicted molar refractivity (Wildman–Crippen MR) is 129 cm³/mol. The van der Waals surface area contributed by atoms with Gasteiger partial charge < -0.3 is 19.5 Å². The van der Waals surface area contributed by atoms with Gasteiger partial charge in [0.1, 0.15) is 11.8 Å². The summed E-state index contributed by atoms with van der Waals surface area (Å²) in [4.78, 5) is 6.60. The van der Waals surface area contributed by atoms with E-state index in [1.54, 1.807) is 18.3 Å². The fraction of sp³-hybridized carbons (Fsp3) is 0.273. The number of nitrogens with zero attached hydrogens (tertiary/aromatic N) is 3. The highest BCUT2D eigenvalue weighted by Gasteiger charge is 2.42. The van der Waals surface area contributed by atoms with Crippen LogP contribution in [0.25, 0.3) is 0 Å². The van der Waals surface area contributed by atoms with Gasteiger partial charge in [0.05, 0.1) is 30.8 Å². The molecule has 0 spiro atoms. The Hall–Kier alpha value is -3.11. The van der Waals surface area contributed by atoms with Crippen LogP contribution in [0.1, 0.15) is 30.4 Å². The van der Waals surface area contributed by atoms with Gasteiger partial charge in [0, 0.05) is 36.4 Å². The number of benzene rings is 1. The number of aryl methyl sites for hydroxylation is 1. The van der Waals surface area contributed by atoms with Crippen molar-refractivity contribution in [2.45, 2.75) is 25.6 Å². The van der Waals surface area contributed by atoms with Crippen LogP contribution in [-0.4, -0.2) is 36.4 Å². The summed E-state index contributed by atoms with van der Waals surface area (Å²) in [5.41, 5.74) is 3.12. The highest BCUT2D eigenvalue weighted by Crippen LogP contribution is 2.43. The first-order valence-electron chi connectivity index (χ1n) is 10.1. The van der Waals surface area contributed by atoms with Gasteiger partial charge in [-0.2, -0.15) is 0 Å². The predicted octanol–water partition coefficient (Wildman–Crippen LogP) is 3.46. The average molecular weight is 472 g/mol. The lowest BCUT2D eigenvalue weighted by Gasteiger charge is -2.29. The fourth-order valence-electron chi connectivity index (χ4n) is 4.03. The van der Waals surface area contributed by atoms with Gasteiger partial charge in [0.15, 0.2) is 5.11 Å². The van der Waals surface area contributed by atoms with Crippen LogP contribution >= 0.6 is 12.2 Å². The number of thiocarbonyl (C=S) groups is 1. The Balaban J connectivity index is 1.82. The monoisotopic (exact) mass is 471 g/mol. The van der Waals surface area contributed by atoms with Crippen molar-refractivity contribution in [2.75, 3.05) is 23.0 Å². The van der Waals surface area contributed by atoms with Crippen molar-refractivity contribution in [3.05, 3.63) is 72.3 Å². The van der Waals surface area contributed by atoms with Gasteiger partial charge in [0.2, 0.25) is 10.0 Å². The molecule has 4 rings (SSSR count). The van der Waals surface area contributed by atoms with Gasteiger partial charge in [-0.05, 0) is 55.5 Å². The van der Waals surface area contributed by atoms with Crippen LogP contribution in [-0.2, 0) is 16.6 Å². The van der Waals surface area contributed by atoms with Crippen LogP contribution < -0.4 is 19.7 Å². The van der Waals surface area contributed by atoms with Crippen molar-refractivity contribution in [2.24, 2.45) is 0 Å². The van der Waals surface area contributed by atoms with Gasteiger partial charge in [-0.3, -0.25) is 9.71 Å². The molecule has 3 heterocycles. The molecule has 1 aromatic carbocycles. The smallest absolute Gasteiger partial charge is 0.229 e. The third-order valence-corrected chi connectivity index (χ3v) is 6.27. The molecule has 0 aliphatic carbocycles. The van der Waals surface area contributed by atoms with Crippen molar-refractivity contribution in [1.82, 2.24) is 14.9 Å². The second kappa shape index (κ2) is 8.79. The number of pyridine rings is 1. The van der Waals surface area contributed by atoms with Gasteiger partial charge in [0.25, 0.3) is 0 Å². The van der Waals surface area contributed by atoms with Gasteiger partial charge in [-0.15, -0.1) is 0 Å². The normalized spacial score (nSPS) is 18.5. The van der Waals surface area contributed by atoms with Crippen LogP contribution in [0.4, 0.5) is 11.4 Å². The van der Waals surface area contributed by atoms with Crippen LogP contribution in [0.15, 0.2) is 60.9 Å². The van der Waals surface area contributed by atoms with E-state index in [1.807, 2.05) is 41.4 Å². The lowest BCUT2D eigenvalue weighted by atomic mass is 10.0. The van der Waals surface area contributed by atoms with Crippen LogP contribution in [0.5, 0.6) is 5.75 Å². The van der Waals surface area contributed by atoms with E-state index in [9.17, 15) is 8.42 Å². The third-order valence-electron chi connectivity index (χ3n) is 5.37. The minimum absolute atomic E-state index is 0.161. The van der Waals surface area contributed by atoms with Crippen LogP contribution in [0, 0.1) is 0 Å². The first-order chi connectivity index (χ1) is 15.3. The summed E-state index contributed by atoms with van der Waals surface area (Å²) in [6.07, 6.45) is 4.92. The van der Waals surface area contributed by atoms with Gasteiger partial charge >= 0.3 is 0 Å². The second-order valence-electron chi connectivity index (χ2n) is 7.47. The molecule has 1 aliphatic heterocycles.